The average molecular weight is 430 g/mol. The predicted molar refractivity (Wildman–Crippen MR) is 134 cm³/mol. The molecule has 0 fully saturated rings. The van der Waals surface area contributed by atoms with Crippen molar-refractivity contribution in [2.45, 2.75) is 13.8 Å². The SMILES string of the molecule is Cc1ccc(C)c(NC(=O)c2ccc(-c3nc4ccccc4nc3-c3ccccc3)cc2)c1. The summed E-state index contributed by atoms with van der Waals surface area (Å²) in [6.45, 7) is 4.00. The summed E-state index contributed by atoms with van der Waals surface area (Å²) < 4.78 is 0. The van der Waals surface area contributed by atoms with Gasteiger partial charge >= 0.3 is 0 Å². The highest BCUT2D eigenvalue weighted by Crippen LogP contribution is 2.31. The molecule has 0 aliphatic heterocycles. The number of hydrogen-bond donors (Lipinski definition) is 1. The Bertz CT molecular complexity index is 1460. The topological polar surface area (TPSA) is 54.9 Å². The molecule has 160 valence electrons. The van der Waals surface area contributed by atoms with E-state index in [4.69, 9.17) is 9.97 Å². The van der Waals surface area contributed by atoms with Crippen LogP contribution in [0, 0.1) is 13.8 Å². The molecule has 0 atom stereocenters. The van der Waals surface area contributed by atoms with E-state index in [0.29, 0.717) is 5.56 Å². The van der Waals surface area contributed by atoms with Crippen molar-refractivity contribution in [1.82, 2.24) is 9.97 Å². The predicted octanol–water partition coefficient (Wildman–Crippen LogP) is 6.83. The molecule has 0 radical (unpaired) electrons. The molecular formula is C29H23N3O. The van der Waals surface area contributed by atoms with Crippen LogP contribution in [0.1, 0.15) is 21.5 Å². The molecule has 0 spiro atoms. The molecule has 1 N–H and O–H groups in total. The molecule has 0 saturated carbocycles. The first kappa shape index (κ1) is 20.6. The first-order chi connectivity index (χ1) is 16.1. The third-order valence-corrected chi connectivity index (χ3v) is 5.68. The fourth-order valence-electron chi connectivity index (χ4n) is 3.84. The maximum atomic E-state index is 12.8. The number of nitrogens with one attached hydrogen (secondary N) is 1. The van der Waals surface area contributed by atoms with Gasteiger partial charge in [0.25, 0.3) is 5.91 Å². The summed E-state index contributed by atoms with van der Waals surface area (Å²) in [7, 11) is 0. The Morgan fingerprint density at radius 1 is 0.667 bits per heavy atom. The summed E-state index contributed by atoms with van der Waals surface area (Å²) >= 11 is 0. The number of hydrogen-bond acceptors (Lipinski definition) is 3. The van der Waals surface area contributed by atoms with Crippen molar-refractivity contribution in [3.63, 3.8) is 0 Å². The van der Waals surface area contributed by atoms with E-state index < -0.39 is 0 Å². The third-order valence-electron chi connectivity index (χ3n) is 5.68. The van der Waals surface area contributed by atoms with E-state index in [0.717, 1.165) is 50.4 Å². The highest BCUT2D eigenvalue weighted by Gasteiger charge is 2.14. The van der Waals surface area contributed by atoms with E-state index in [9.17, 15) is 4.79 Å². The number of para-hydroxylation sites is 2. The smallest absolute Gasteiger partial charge is 0.255 e. The number of carbonyl (C=O) groups is 1. The zero-order valence-electron chi connectivity index (χ0n) is 18.5. The minimum Gasteiger partial charge on any atom is -0.322 e. The molecule has 0 bridgehead atoms. The van der Waals surface area contributed by atoms with Crippen molar-refractivity contribution in [2.75, 3.05) is 5.32 Å². The van der Waals surface area contributed by atoms with Crippen LogP contribution in [0.4, 0.5) is 5.69 Å². The Balaban J connectivity index is 1.52. The lowest BCUT2D eigenvalue weighted by atomic mass is 10.0. The van der Waals surface area contributed by atoms with Gasteiger partial charge in [0, 0.05) is 22.4 Å². The molecule has 0 aliphatic carbocycles. The molecule has 0 unspecified atom stereocenters. The monoisotopic (exact) mass is 429 g/mol. The standard InChI is InChI=1S/C29H23N3O/c1-19-12-13-20(2)26(18-19)32-29(33)23-16-14-22(15-17-23)28-27(21-8-4-3-5-9-21)30-24-10-6-7-11-25(24)31-28/h3-18H,1-2H3,(H,32,33). The first-order valence-electron chi connectivity index (χ1n) is 10.9. The van der Waals surface area contributed by atoms with Crippen molar-refractivity contribution in [1.29, 1.82) is 0 Å². The van der Waals surface area contributed by atoms with Gasteiger partial charge in [0.15, 0.2) is 0 Å². The molecule has 4 nitrogen and oxygen atoms in total. The summed E-state index contributed by atoms with van der Waals surface area (Å²) in [5, 5.41) is 3.02. The Morgan fingerprint density at radius 3 is 1.88 bits per heavy atom. The number of carbonyl (C=O) groups excluding carboxylic acids is 1. The second-order valence-corrected chi connectivity index (χ2v) is 8.13. The molecule has 4 heteroatoms. The van der Waals surface area contributed by atoms with Crippen molar-refractivity contribution < 1.29 is 4.79 Å². The highest BCUT2D eigenvalue weighted by molar-refractivity contribution is 6.05. The van der Waals surface area contributed by atoms with Crippen LogP contribution >= 0.6 is 0 Å². The maximum Gasteiger partial charge on any atom is 0.255 e. The molecular weight excluding hydrogens is 406 g/mol. The van der Waals surface area contributed by atoms with Crippen LogP contribution < -0.4 is 5.32 Å². The number of benzene rings is 4. The third kappa shape index (κ3) is 4.23. The van der Waals surface area contributed by atoms with Crippen molar-refractivity contribution >= 4 is 22.6 Å². The summed E-state index contributed by atoms with van der Waals surface area (Å²) in [5.74, 6) is -0.136. The van der Waals surface area contributed by atoms with E-state index >= 15 is 0 Å². The molecule has 1 amide bonds. The number of fused-ring (bicyclic) bond motifs is 1. The van der Waals surface area contributed by atoms with E-state index in [1.54, 1.807) is 0 Å². The number of aromatic nitrogens is 2. The van der Waals surface area contributed by atoms with Crippen molar-refractivity contribution in [3.05, 3.63) is 114 Å². The normalized spacial score (nSPS) is 10.8. The van der Waals surface area contributed by atoms with Crippen LogP contribution in [0.3, 0.4) is 0 Å². The molecule has 1 aromatic heterocycles. The molecule has 5 rings (SSSR count). The fourth-order valence-corrected chi connectivity index (χ4v) is 3.84. The minimum atomic E-state index is -0.136. The van der Waals surface area contributed by atoms with Gasteiger partial charge in [-0.1, -0.05) is 66.7 Å². The van der Waals surface area contributed by atoms with Crippen LogP contribution in [0.2, 0.25) is 0 Å². The first-order valence-corrected chi connectivity index (χ1v) is 10.9. The van der Waals surface area contributed by atoms with E-state index in [1.165, 1.54) is 0 Å². The van der Waals surface area contributed by atoms with Crippen LogP contribution in [0.25, 0.3) is 33.5 Å². The van der Waals surface area contributed by atoms with Gasteiger partial charge in [-0.3, -0.25) is 4.79 Å². The van der Waals surface area contributed by atoms with Crippen molar-refractivity contribution in [2.24, 2.45) is 0 Å². The number of nitrogens with zero attached hydrogens (tertiary/aromatic N) is 2. The highest BCUT2D eigenvalue weighted by atomic mass is 16.1. The zero-order valence-corrected chi connectivity index (χ0v) is 18.5. The van der Waals surface area contributed by atoms with Gasteiger partial charge in [-0.25, -0.2) is 9.97 Å². The molecule has 1 heterocycles. The van der Waals surface area contributed by atoms with Gasteiger partial charge in [-0.05, 0) is 55.3 Å². The lowest BCUT2D eigenvalue weighted by Crippen LogP contribution is -2.12. The number of anilines is 1. The van der Waals surface area contributed by atoms with Gasteiger partial charge in [0.05, 0.1) is 22.4 Å². The maximum absolute atomic E-state index is 12.8. The summed E-state index contributed by atoms with van der Waals surface area (Å²) in [5.41, 5.74) is 8.78. The van der Waals surface area contributed by atoms with E-state index in [-0.39, 0.29) is 5.91 Å². The molecule has 0 saturated heterocycles. The van der Waals surface area contributed by atoms with Crippen molar-refractivity contribution in [3.8, 4) is 22.5 Å². The molecule has 4 aromatic carbocycles. The Morgan fingerprint density at radius 2 is 1.24 bits per heavy atom. The lowest BCUT2D eigenvalue weighted by molar-refractivity contribution is 0.102. The number of rotatable bonds is 4. The minimum absolute atomic E-state index is 0.136. The summed E-state index contributed by atoms with van der Waals surface area (Å²) in [6, 6.07) is 31.5. The van der Waals surface area contributed by atoms with Crippen LogP contribution in [0.5, 0.6) is 0 Å². The fraction of sp³-hybridized carbons (Fsp3) is 0.0690. The second kappa shape index (κ2) is 8.67. The largest absolute Gasteiger partial charge is 0.322 e. The van der Waals surface area contributed by atoms with Crippen LogP contribution in [0.15, 0.2) is 97.1 Å². The number of amides is 1. The van der Waals surface area contributed by atoms with E-state index in [2.05, 4.69) is 5.32 Å². The van der Waals surface area contributed by atoms with Gasteiger partial charge < -0.3 is 5.32 Å². The number of aryl methyl sites for hydroxylation is 2. The van der Waals surface area contributed by atoms with Crippen LogP contribution in [-0.2, 0) is 0 Å². The van der Waals surface area contributed by atoms with Gasteiger partial charge in [0.1, 0.15) is 0 Å². The average Bonchev–Trinajstić information content (AvgIpc) is 2.86. The van der Waals surface area contributed by atoms with E-state index in [1.807, 2.05) is 111 Å². The lowest BCUT2D eigenvalue weighted by Gasteiger charge is -2.12. The Labute approximate surface area is 193 Å². The molecule has 0 aliphatic rings. The van der Waals surface area contributed by atoms with Gasteiger partial charge in [-0.15, -0.1) is 0 Å². The second-order valence-electron chi connectivity index (χ2n) is 8.13. The Kier molecular flexibility index (Phi) is 5.41. The Hall–Kier alpha value is -4.31. The van der Waals surface area contributed by atoms with Gasteiger partial charge in [0.2, 0.25) is 0 Å². The molecule has 33 heavy (non-hydrogen) atoms. The van der Waals surface area contributed by atoms with Gasteiger partial charge in [-0.2, -0.15) is 0 Å². The quantitative estimate of drug-likeness (QED) is 0.340. The zero-order chi connectivity index (χ0) is 22.8. The summed E-state index contributed by atoms with van der Waals surface area (Å²) in [6.07, 6.45) is 0. The molecule has 5 aromatic rings. The summed E-state index contributed by atoms with van der Waals surface area (Å²) in [4.78, 5) is 22.7. The van der Waals surface area contributed by atoms with Crippen LogP contribution in [-0.4, -0.2) is 15.9 Å².